The molecule has 4 amide bonds. The van der Waals surface area contributed by atoms with Crippen molar-refractivity contribution in [1.29, 1.82) is 0 Å². The van der Waals surface area contributed by atoms with Crippen LogP contribution in [0.5, 0.6) is 0 Å². The first kappa shape index (κ1) is 19.9. The zero-order valence-corrected chi connectivity index (χ0v) is 17.3. The number of rotatable bonds is 4. The Morgan fingerprint density at radius 2 is 1.60 bits per heavy atom. The number of nitrogens with one attached hydrogen (secondary N) is 1. The molecule has 30 heavy (non-hydrogen) atoms. The summed E-state index contributed by atoms with van der Waals surface area (Å²) < 4.78 is 0. The predicted octanol–water partition coefficient (Wildman–Crippen LogP) is 2.11. The van der Waals surface area contributed by atoms with Crippen molar-refractivity contribution in [3.63, 3.8) is 0 Å². The van der Waals surface area contributed by atoms with Gasteiger partial charge in [0.1, 0.15) is 12.1 Å². The highest BCUT2D eigenvalue weighted by Crippen LogP contribution is 2.29. The lowest BCUT2D eigenvalue weighted by molar-refractivity contribution is -0.139. The summed E-state index contributed by atoms with van der Waals surface area (Å²) in [6.45, 7) is 5.97. The third-order valence-corrected chi connectivity index (χ3v) is 5.95. The second kappa shape index (κ2) is 7.82. The Morgan fingerprint density at radius 1 is 0.967 bits per heavy atom. The van der Waals surface area contributed by atoms with Gasteiger partial charge in [-0.05, 0) is 31.5 Å². The Balaban J connectivity index is 1.39. The van der Waals surface area contributed by atoms with Gasteiger partial charge in [0.05, 0.1) is 0 Å². The molecule has 0 bridgehead atoms. The molecule has 156 valence electrons. The molecule has 2 fully saturated rings. The number of hydrogen-bond acceptors (Lipinski definition) is 4. The van der Waals surface area contributed by atoms with Gasteiger partial charge in [-0.15, -0.1) is 0 Å². The van der Waals surface area contributed by atoms with E-state index in [0.717, 1.165) is 29.2 Å². The lowest BCUT2D eigenvalue weighted by atomic mass is 9.91. The maximum Gasteiger partial charge on any atom is 0.325 e. The Bertz CT molecular complexity index is 952. The molecule has 1 N–H and O–H groups in total. The first-order chi connectivity index (χ1) is 14.4. The van der Waals surface area contributed by atoms with Gasteiger partial charge in [0.2, 0.25) is 5.91 Å². The number of aryl methyl sites for hydroxylation is 1. The molecule has 2 aliphatic rings. The number of hydrogen-bond donors (Lipinski definition) is 1. The average Bonchev–Trinajstić information content (AvgIpc) is 2.98. The van der Waals surface area contributed by atoms with Gasteiger partial charge in [-0.2, -0.15) is 0 Å². The zero-order chi connectivity index (χ0) is 21.3. The topological polar surface area (TPSA) is 73.0 Å². The number of piperazine rings is 1. The quantitative estimate of drug-likeness (QED) is 0.790. The molecule has 0 aliphatic carbocycles. The highest BCUT2D eigenvalue weighted by Gasteiger charge is 2.49. The molecule has 0 spiro atoms. The van der Waals surface area contributed by atoms with Gasteiger partial charge in [0.15, 0.2) is 0 Å². The molecule has 7 nitrogen and oxygen atoms in total. The minimum absolute atomic E-state index is 0.209. The van der Waals surface area contributed by atoms with E-state index in [2.05, 4.69) is 22.3 Å². The minimum Gasteiger partial charge on any atom is -0.368 e. The number of urea groups is 1. The third kappa shape index (κ3) is 3.63. The van der Waals surface area contributed by atoms with E-state index < -0.39 is 17.5 Å². The first-order valence-electron chi connectivity index (χ1n) is 10.2. The van der Waals surface area contributed by atoms with Gasteiger partial charge >= 0.3 is 6.03 Å². The number of carbonyl (C=O) groups is 3. The van der Waals surface area contributed by atoms with E-state index in [-0.39, 0.29) is 12.5 Å². The van der Waals surface area contributed by atoms with Crippen LogP contribution in [0.3, 0.4) is 0 Å². The molecule has 2 saturated heterocycles. The van der Waals surface area contributed by atoms with Crippen molar-refractivity contribution < 1.29 is 14.4 Å². The number of benzene rings is 2. The van der Waals surface area contributed by atoms with Crippen LogP contribution in [-0.2, 0) is 15.1 Å². The smallest absolute Gasteiger partial charge is 0.325 e. The molecular weight excluding hydrogens is 380 g/mol. The van der Waals surface area contributed by atoms with Crippen molar-refractivity contribution in [2.75, 3.05) is 37.6 Å². The van der Waals surface area contributed by atoms with E-state index in [1.165, 1.54) is 0 Å². The van der Waals surface area contributed by atoms with E-state index >= 15 is 0 Å². The molecule has 2 aromatic carbocycles. The molecule has 0 radical (unpaired) electrons. The van der Waals surface area contributed by atoms with Crippen LogP contribution in [0.2, 0.25) is 0 Å². The predicted molar refractivity (Wildman–Crippen MR) is 114 cm³/mol. The lowest BCUT2D eigenvalue weighted by Crippen LogP contribution is -2.52. The molecule has 1 atom stereocenters. The van der Waals surface area contributed by atoms with Gasteiger partial charge in [0.25, 0.3) is 5.91 Å². The molecular formula is C23H26N4O3. The SMILES string of the molecule is Cc1ccc(C2(C)NC(=O)N(CC(=O)N3CCN(c4ccccc4)CC3)C2=O)cc1. The van der Waals surface area contributed by atoms with Gasteiger partial charge in [-0.25, -0.2) is 4.79 Å². The van der Waals surface area contributed by atoms with E-state index in [9.17, 15) is 14.4 Å². The molecule has 1 unspecified atom stereocenters. The Morgan fingerprint density at radius 3 is 2.23 bits per heavy atom. The number of amides is 4. The maximum atomic E-state index is 13.0. The van der Waals surface area contributed by atoms with Gasteiger partial charge < -0.3 is 15.1 Å². The van der Waals surface area contributed by atoms with Crippen molar-refractivity contribution in [2.45, 2.75) is 19.4 Å². The normalized spacial score (nSPS) is 21.7. The van der Waals surface area contributed by atoms with E-state index in [4.69, 9.17) is 0 Å². The largest absolute Gasteiger partial charge is 0.368 e. The van der Waals surface area contributed by atoms with Crippen LogP contribution in [-0.4, -0.2) is 60.4 Å². The fourth-order valence-corrected chi connectivity index (χ4v) is 4.01. The summed E-state index contributed by atoms with van der Waals surface area (Å²) in [7, 11) is 0. The monoisotopic (exact) mass is 406 g/mol. The number of nitrogens with zero attached hydrogens (tertiary/aromatic N) is 3. The summed E-state index contributed by atoms with van der Waals surface area (Å²) in [4.78, 5) is 43.4. The highest BCUT2D eigenvalue weighted by atomic mass is 16.2. The number of carbonyl (C=O) groups excluding carboxylic acids is 3. The molecule has 2 heterocycles. The van der Waals surface area contributed by atoms with Gasteiger partial charge in [-0.3, -0.25) is 14.5 Å². The number of anilines is 1. The van der Waals surface area contributed by atoms with Crippen LogP contribution in [0.4, 0.5) is 10.5 Å². The molecule has 0 aromatic heterocycles. The average molecular weight is 406 g/mol. The molecule has 0 saturated carbocycles. The summed E-state index contributed by atoms with van der Waals surface area (Å²) in [5, 5.41) is 2.76. The van der Waals surface area contributed by atoms with Gasteiger partial charge in [-0.1, -0.05) is 48.0 Å². The van der Waals surface area contributed by atoms with Crippen molar-refractivity contribution in [3.8, 4) is 0 Å². The van der Waals surface area contributed by atoms with E-state index in [0.29, 0.717) is 18.7 Å². The van der Waals surface area contributed by atoms with Crippen molar-refractivity contribution >= 4 is 23.5 Å². The fourth-order valence-electron chi connectivity index (χ4n) is 4.01. The second-order valence-electron chi connectivity index (χ2n) is 8.02. The summed E-state index contributed by atoms with van der Waals surface area (Å²) in [6.07, 6.45) is 0. The minimum atomic E-state index is -1.16. The van der Waals surface area contributed by atoms with Crippen LogP contribution in [0.1, 0.15) is 18.1 Å². The van der Waals surface area contributed by atoms with Crippen LogP contribution in [0, 0.1) is 6.92 Å². The maximum absolute atomic E-state index is 13.0. The zero-order valence-electron chi connectivity index (χ0n) is 17.3. The van der Waals surface area contributed by atoms with Crippen LogP contribution < -0.4 is 10.2 Å². The Kier molecular flexibility index (Phi) is 5.20. The van der Waals surface area contributed by atoms with Gasteiger partial charge in [0, 0.05) is 31.9 Å². The molecule has 7 heteroatoms. The van der Waals surface area contributed by atoms with Crippen LogP contribution in [0.15, 0.2) is 54.6 Å². The van der Waals surface area contributed by atoms with Crippen LogP contribution >= 0.6 is 0 Å². The fraction of sp³-hybridized carbons (Fsp3) is 0.348. The van der Waals surface area contributed by atoms with E-state index in [1.807, 2.05) is 49.4 Å². The second-order valence-corrected chi connectivity index (χ2v) is 8.02. The Labute approximate surface area is 176 Å². The molecule has 2 aliphatic heterocycles. The highest BCUT2D eigenvalue weighted by molar-refractivity contribution is 6.09. The third-order valence-electron chi connectivity index (χ3n) is 5.95. The standard InChI is InChI=1S/C23H26N4O3/c1-17-8-10-18(11-9-17)23(2)21(29)27(22(30)24-23)16-20(28)26-14-12-25(13-15-26)19-6-4-3-5-7-19/h3-11H,12-16H2,1-2H3,(H,24,30). The van der Waals surface area contributed by atoms with E-state index in [1.54, 1.807) is 11.8 Å². The first-order valence-corrected chi connectivity index (χ1v) is 10.2. The summed E-state index contributed by atoms with van der Waals surface area (Å²) in [5.74, 6) is -0.605. The molecule has 4 rings (SSSR count). The summed E-state index contributed by atoms with van der Waals surface area (Å²) >= 11 is 0. The Hall–Kier alpha value is -3.35. The number of para-hydroxylation sites is 1. The number of imide groups is 1. The summed E-state index contributed by atoms with van der Waals surface area (Å²) in [6, 6.07) is 17.0. The van der Waals surface area contributed by atoms with Crippen molar-refractivity contribution in [2.24, 2.45) is 0 Å². The van der Waals surface area contributed by atoms with Crippen molar-refractivity contribution in [1.82, 2.24) is 15.1 Å². The molecule has 2 aromatic rings. The summed E-state index contributed by atoms with van der Waals surface area (Å²) in [5.41, 5.74) is 1.75. The van der Waals surface area contributed by atoms with Crippen molar-refractivity contribution in [3.05, 3.63) is 65.7 Å². The van der Waals surface area contributed by atoms with Crippen LogP contribution in [0.25, 0.3) is 0 Å². The lowest BCUT2D eigenvalue weighted by Gasteiger charge is -2.36.